The number of allylic oxidation sites excluding steroid dienone is 3. The van der Waals surface area contributed by atoms with Crippen LogP contribution in [0.25, 0.3) is 0 Å². The van der Waals surface area contributed by atoms with Crippen LogP contribution in [0.3, 0.4) is 0 Å². The lowest BCUT2D eigenvalue weighted by Gasteiger charge is -2.27. The molecular formula is C26H37N2S+. The molecule has 0 aromatic heterocycles. The van der Waals surface area contributed by atoms with Gasteiger partial charge in [0.25, 0.3) is 0 Å². The molecule has 0 unspecified atom stereocenters. The monoisotopic (exact) mass is 409 g/mol. The number of hydrogen-bond acceptors (Lipinski definition) is 2. The van der Waals surface area contributed by atoms with E-state index in [4.69, 9.17) is 0 Å². The van der Waals surface area contributed by atoms with Crippen molar-refractivity contribution in [2.24, 2.45) is 5.92 Å². The second kappa shape index (κ2) is 9.12. The zero-order valence-corrected chi connectivity index (χ0v) is 19.3. The Bertz CT molecular complexity index is 812. The summed E-state index contributed by atoms with van der Waals surface area (Å²) in [5.41, 5.74) is 4.40. The third-order valence-electron chi connectivity index (χ3n) is 7.07. The first kappa shape index (κ1) is 20.8. The van der Waals surface area contributed by atoms with Gasteiger partial charge in [0, 0.05) is 29.4 Å². The molecule has 2 heterocycles. The van der Waals surface area contributed by atoms with Crippen LogP contribution in [0.4, 0.5) is 5.69 Å². The van der Waals surface area contributed by atoms with Gasteiger partial charge in [-0.25, -0.2) is 4.58 Å². The Morgan fingerprint density at radius 2 is 2.00 bits per heavy atom. The Balaban J connectivity index is 1.55. The lowest BCUT2D eigenvalue weighted by Crippen LogP contribution is -2.27. The zero-order chi connectivity index (χ0) is 20.3. The SMILES string of the molecule is CC[N+]1=C(/C=C/C=C2/N(CCCC3CCCC3)c3ccccc3C2(C)C)SCC1. The molecule has 1 fully saturated rings. The number of fused-ring (bicyclic) bond motifs is 1. The van der Waals surface area contributed by atoms with E-state index >= 15 is 0 Å². The highest BCUT2D eigenvalue weighted by molar-refractivity contribution is 8.14. The molecule has 4 rings (SSSR count). The lowest BCUT2D eigenvalue weighted by molar-refractivity contribution is -0.513. The second-order valence-corrected chi connectivity index (χ2v) is 10.4. The van der Waals surface area contributed by atoms with Gasteiger partial charge in [-0.15, -0.1) is 0 Å². The molecule has 1 aromatic rings. The predicted molar refractivity (Wildman–Crippen MR) is 128 cm³/mol. The minimum absolute atomic E-state index is 0.0617. The van der Waals surface area contributed by atoms with E-state index in [1.165, 1.54) is 72.8 Å². The normalized spacial score (nSPS) is 23.1. The summed E-state index contributed by atoms with van der Waals surface area (Å²) in [7, 11) is 0. The molecule has 29 heavy (non-hydrogen) atoms. The molecule has 0 N–H and O–H groups in total. The minimum Gasteiger partial charge on any atom is -0.344 e. The maximum atomic E-state index is 2.61. The molecule has 0 atom stereocenters. The van der Waals surface area contributed by atoms with Crippen molar-refractivity contribution < 1.29 is 4.58 Å². The van der Waals surface area contributed by atoms with Crippen LogP contribution in [0.2, 0.25) is 0 Å². The van der Waals surface area contributed by atoms with Gasteiger partial charge in [0.05, 0.1) is 5.75 Å². The summed E-state index contributed by atoms with van der Waals surface area (Å²) in [5, 5.41) is 1.42. The van der Waals surface area contributed by atoms with E-state index in [1.54, 1.807) is 0 Å². The highest BCUT2D eigenvalue weighted by Gasteiger charge is 2.39. The summed E-state index contributed by atoms with van der Waals surface area (Å²) in [6, 6.07) is 9.03. The molecule has 0 bridgehead atoms. The standard InChI is InChI=1S/C26H37N2S/c1-4-27-19-20-29-25(27)17-9-16-24-26(2,3)22-14-7-8-15-23(22)28(24)18-10-13-21-11-5-6-12-21/h7-9,14-17,21H,4-6,10-13,18-20H2,1-3H3/q+1. The summed E-state index contributed by atoms with van der Waals surface area (Å²) in [4.78, 5) is 2.61. The summed E-state index contributed by atoms with van der Waals surface area (Å²) in [5.74, 6) is 2.19. The van der Waals surface area contributed by atoms with Crippen LogP contribution in [0.1, 0.15) is 64.9 Å². The molecule has 0 spiro atoms. The van der Waals surface area contributed by atoms with Gasteiger partial charge in [-0.1, -0.05) is 75.6 Å². The van der Waals surface area contributed by atoms with E-state index in [0.717, 1.165) is 19.0 Å². The van der Waals surface area contributed by atoms with Crippen LogP contribution in [0.5, 0.6) is 0 Å². The van der Waals surface area contributed by atoms with Crippen LogP contribution in [-0.2, 0) is 5.41 Å². The molecule has 1 aliphatic carbocycles. The molecular weight excluding hydrogens is 372 g/mol. The van der Waals surface area contributed by atoms with Gasteiger partial charge in [-0.05, 0) is 43.4 Å². The van der Waals surface area contributed by atoms with Gasteiger partial charge >= 0.3 is 0 Å². The first-order valence-corrected chi connectivity index (χ1v) is 12.6. The van der Waals surface area contributed by atoms with E-state index in [2.05, 4.69) is 72.7 Å². The van der Waals surface area contributed by atoms with E-state index < -0.39 is 0 Å². The van der Waals surface area contributed by atoms with E-state index in [-0.39, 0.29) is 5.41 Å². The summed E-state index contributed by atoms with van der Waals surface area (Å²) >= 11 is 1.99. The van der Waals surface area contributed by atoms with Gasteiger partial charge in [-0.3, -0.25) is 0 Å². The van der Waals surface area contributed by atoms with Crippen LogP contribution >= 0.6 is 11.8 Å². The number of para-hydroxylation sites is 1. The van der Waals surface area contributed by atoms with Crippen molar-refractivity contribution in [1.82, 2.24) is 0 Å². The lowest BCUT2D eigenvalue weighted by atomic mass is 9.84. The minimum atomic E-state index is 0.0617. The highest BCUT2D eigenvalue weighted by Crippen LogP contribution is 2.47. The van der Waals surface area contributed by atoms with Crippen molar-refractivity contribution in [2.45, 2.75) is 64.7 Å². The third kappa shape index (κ3) is 4.35. The number of nitrogens with zero attached hydrogens (tertiary/aromatic N) is 2. The second-order valence-electron chi connectivity index (χ2n) is 9.26. The van der Waals surface area contributed by atoms with Crippen molar-refractivity contribution in [3.63, 3.8) is 0 Å². The average molecular weight is 410 g/mol. The Hall–Kier alpha value is -1.48. The van der Waals surface area contributed by atoms with Crippen molar-refractivity contribution in [1.29, 1.82) is 0 Å². The van der Waals surface area contributed by atoms with Crippen molar-refractivity contribution >= 4 is 22.5 Å². The maximum Gasteiger partial charge on any atom is 0.234 e. The van der Waals surface area contributed by atoms with Crippen molar-refractivity contribution in [2.75, 3.05) is 30.3 Å². The smallest absolute Gasteiger partial charge is 0.234 e. The molecule has 0 saturated heterocycles. The Kier molecular flexibility index (Phi) is 6.53. The van der Waals surface area contributed by atoms with Crippen LogP contribution in [0, 0.1) is 5.92 Å². The molecule has 2 nitrogen and oxygen atoms in total. The maximum absolute atomic E-state index is 2.61. The van der Waals surface area contributed by atoms with Crippen LogP contribution in [0.15, 0.2) is 48.2 Å². The fourth-order valence-corrected chi connectivity index (χ4v) is 6.47. The molecule has 0 radical (unpaired) electrons. The molecule has 3 aliphatic rings. The van der Waals surface area contributed by atoms with Crippen LogP contribution in [-0.4, -0.2) is 35.0 Å². The molecule has 1 aromatic carbocycles. The summed E-state index contributed by atoms with van der Waals surface area (Å²) < 4.78 is 2.48. The van der Waals surface area contributed by atoms with Crippen molar-refractivity contribution in [3.8, 4) is 0 Å². The van der Waals surface area contributed by atoms with Gasteiger partial charge in [-0.2, -0.15) is 0 Å². The molecule has 156 valence electrons. The highest BCUT2D eigenvalue weighted by atomic mass is 32.2. The van der Waals surface area contributed by atoms with Crippen LogP contribution < -0.4 is 4.90 Å². The average Bonchev–Trinajstić information content (AvgIpc) is 3.44. The number of thioether (sulfide) groups is 1. The molecule has 1 saturated carbocycles. The number of hydrogen-bond donors (Lipinski definition) is 0. The van der Waals surface area contributed by atoms with E-state index in [1.807, 2.05) is 11.8 Å². The first-order valence-electron chi connectivity index (χ1n) is 11.6. The van der Waals surface area contributed by atoms with Crippen molar-refractivity contribution in [3.05, 3.63) is 53.8 Å². The molecule has 3 heteroatoms. The molecule has 2 aliphatic heterocycles. The summed E-state index contributed by atoms with van der Waals surface area (Å²) in [6.07, 6.45) is 15.5. The van der Waals surface area contributed by atoms with Gasteiger partial charge in [0.15, 0.2) is 6.54 Å². The van der Waals surface area contributed by atoms with Gasteiger partial charge < -0.3 is 4.90 Å². The Morgan fingerprint density at radius 1 is 1.21 bits per heavy atom. The fraction of sp³-hybridized carbons (Fsp3) is 0.577. The Labute approximate surface area is 181 Å². The number of benzene rings is 1. The first-order chi connectivity index (χ1) is 14.1. The fourth-order valence-electron chi connectivity index (χ4n) is 5.37. The van der Waals surface area contributed by atoms with E-state index in [9.17, 15) is 0 Å². The van der Waals surface area contributed by atoms with E-state index in [0.29, 0.717) is 0 Å². The molecule has 0 amide bonds. The topological polar surface area (TPSA) is 6.25 Å². The zero-order valence-electron chi connectivity index (χ0n) is 18.5. The largest absolute Gasteiger partial charge is 0.344 e. The third-order valence-corrected chi connectivity index (χ3v) is 8.14. The summed E-state index contributed by atoms with van der Waals surface area (Å²) in [6.45, 7) is 10.5. The van der Waals surface area contributed by atoms with Gasteiger partial charge in [0.1, 0.15) is 6.54 Å². The predicted octanol–water partition coefficient (Wildman–Crippen LogP) is 6.37. The Morgan fingerprint density at radius 3 is 2.79 bits per heavy atom. The quantitative estimate of drug-likeness (QED) is 0.483. The van der Waals surface area contributed by atoms with Gasteiger partial charge in [0.2, 0.25) is 5.04 Å². The number of rotatable bonds is 7. The number of anilines is 1.